The van der Waals surface area contributed by atoms with E-state index >= 15 is 0 Å². The number of hydrogen-bond donors (Lipinski definition) is 2. The van der Waals surface area contributed by atoms with Crippen LogP contribution in [-0.4, -0.2) is 17.1 Å². The number of rotatable bonds is 4. The lowest BCUT2D eigenvalue weighted by molar-refractivity contribution is -0.384. The number of nitrogens with one attached hydrogen (secondary N) is 2. The highest BCUT2D eigenvalue weighted by Crippen LogP contribution is 2.29. The highest BCUT2D eigenvalue weighted by Gasteiger charge is 2.12. The van der Waals surface area contributed by atoms with Crippen molar-refractivity contribution in [2.75, 3.05) is 17.7 Å². The second-order valence-electron chi connectivity index (χ2n) is 4.68. The maximum atomic E-state index is 13.5. The van der Waals surface area contributed by atoms with E-state index in [2.05, 4.69) is 10.6 Å². The number of ether oxygens (including phenoxy) is 1. The minimum absolute atomic E-state index is 0.0996. The van der Waals surface area contributed by atoms with Gasteiger partial charge in [-0.2, -0.15) is 0 Å². The van der Waals surface area contributed by atoms with Crippen molar-refractivity contribution in [1.82, 2.24) is 0 Å². The van der Waals surface area contributed by atoms with E-state index < -0.39 is 4.92 Å². The summed E-state index contributed by atoms with van der Waals surface area (Å²) < 4.78 is 18.7. The summed E-state index contributed by atoms with van der Waals surface area (Å²) in [7, 11) is 1.44. The van der Waals surface area contributed by atoms with Crippen molar-refractivity contribution in [2.45, 2.75) is 6.92 Å². The van der Waals surface area contributed by atoms with Crippen molar-refractivity contribution in [1.29, 1.82) is 0 Å². The van der Waals surface area contributed by atoms with Crippen LogP contribution in [-0.2, 0) is 0 Å². The molecule has 0 spiro atoms. The zero-order valence-electron chi connectivity index (χ0n) is 12.4. The molecule has 23 heavy (non-hydrogen) atoms. The minimum Gasteiger partial charge on any atom is -0.495 e. The van der Waals surface area contributed by atoms with Crippen LogP contribution in [0.25, 0.3) is 0 Å². The van der Waals surface area contributed by atoms with Gasteiger partial charge in [-0.1, -0.05) is 6.07 Å². The van der Waals surface area contributed by atoms with Crippen LogP contribution in [0.1, 0.15) is 5.56 Å². The predicted molar refractivity (Wildman–Crippen MR) is 90.6 cm³/mol. The molecule has 0 aliphatic carbocycles. The number of nitrogens with zero attached hydrogens (tertiary/aromatic N) is 1. The molecule has 6 nitrogen and oxygen atoms in total. The van der Waals surface area contributed by atoms with Crippen molar-refractivity contribution < 1.29 is 14.1 Å². The number of benzene rings is 2. The number of nitro benzene ring substituents is 1. The quantitative estimate of drug-likeness (QED) is 0.502. The standard InChI is InChI=1S/C15H14FN3O3S/c1-9-3-4-10(7-12(9)16)17-15(23)18-13-8-11(19(20)21)5-6-14(13)22-2/h3-8H,1-2H3,(H2,17,18,23). The molecule has 0 amide bonds. The third-order valence-electron chi connectivity index (χ3n) is 3.07. The van der Waals surface area contributed by atoms with Crippen LogP contribution in [0, 0.1) is 22.9 Å². The van der Waals surface area contributed by atoms with Crippen molar-refractivity contribution in [2.24, 2.45) is 0 Å². The Hall–Kier alpha value is -2.74. The summed E-state index contributed by atoms with van der Waals surface area (Å²) in [5.74, 6) is 0.0422. The fourth-order valence-corrected chi connectivity index (χ4v) is 2.09. The number of non-ortho nitro benzene ring substituents is 1. The zero-order valence-corrected chi connectivity index (χ0v) is 13.2. The van der Waals surface area contributed by atoms with E-state index in [1.165, 1.54) is 31.4 Å². The van der Waals surface area contributed by atoms with E-state index in [0.717, 1.165) is 0 Å². The van der Waals surface area contributed by atoms with Gasteiger partial charge >= 0.3 is 0 Å². The van der Waals surface area contributed by atoms with Gasteiger partial charge in [-0.05, 0) is 42.9 Å². The van der Waals surface area contributed by atoms with Crippen LogP contribution in [0.15, 0.2) is 36.4 Å². The SMILES string of the molecule is COc1ccc([N+](=O)[O-])cc1NC(=S)Nc1ccc(C)c(F)c1. The lowest BCUT2D eigenvalue weighted by Crippen LogP contribution is -2.19. The Morgan fingerprint density at radius 3 is 2.61 bits per heavy atom. The summed E-state index contributed by atoms with van der Waals surface area (Å²) in [6.07, 6.45) is 0. The minimum atomic E-state index is -0.517. The molecule has 0 aliphatic rings. The first kappa shape index (κ1) is 16.6. The first-order valence-electron chi connectivity index (χ1n) is 6.57. The van der Waals surface area contributed by atoms with Gasteiger partial charge in [0.1, 0.15) is 11.6 Å². The molecule has 0 heterocycles. The molecule has 0 fully saturated rings. The first-order chi connectivity index (χ1) is 10.9. The topological polar surface area (TPSA) is 76.4 Å². The highest BCUT2D eigenvalue weighted by molar-refractivity contribution is 7.80. The number of methoxy groups -OCH3 is 1. The molecule has 0 unspecified atom stereocenters. The van der Waals surface area contributed by atoms with Gasteiger partial charge in [0.05, 0.1) is 17.7 Å². The van der Waals surface area contributed by atoms with Crippen LogP contribution in [0.5, 0.6) is 5.75 Å². The third kappa shape index (κ3) is 4.13. The van der Waals surface area contributed by atoms with Crippen LogP contribution in [0.3, 0.4) is 0 Å². The summed E-state index contributed by atoms with van der Waals surface area (Å²) >= 11 is 5.14. The maximum absolute atomic E-state index is 13.5. The van der Waals surface area contributed by atoms with E-state index in [9.17, 15) is 14.5 Å². The van der Waals surface area contributed by atoms with Gasteiger partial charge in [-0.3, -0.25) is 10.1 Å². The van der Waals surface area contributed by atoms with Crippen LogP contribution in [0.4, 0.5) is 21.5 Å². The second kappa shape index (κ2) is 7.01. The Balaban J connectivity index is 2.17. The molecule has 2 aromatic carbocycles. The average Bonchev–Trinajstić information content (AvgIpc) is 2.50. The highest BCUT2D eigenvalue weighted by atomic mass is 32.1. The van der Waals surface area contributed by atoms with Crippen molar-refractivity contribution in [3.63, 3.8) is 0 Å². The smallest absolute Gasteiger partial charge is 0.271 e. The van der Waals surface area contributed by atoms with Gasteiger partial charge in [0.25, 0.3) is 5.69 Å². The molecule has 0 saturated carbocycles. The number of anilines is 2. The summed E-state index contributed by atoms with van der Waals surface area (Å²) in [6, 6.07) is 8.71. The van der Waals surface area contributed by atoms with Gasteiger partial charge in [-0.25, -0.2) is 4.39 Å². The monoisotopic (exact) mass is 335 g/mol. The molecule has 0 bridgehead atoms. The Kier molecular flexibility index (Phi) is 5.07. The fourth-order valence-electron chi connectivity index (χ4n) is 1.86. The van der Waals surface area contributed by atoms with E-state index in [1.54, 1.807) is 19.1 Å². The van der Waals surface area contributed by atoms with Crippen LogP contribution >= 0.6 is 12.2 Å². The zero-order chi connectivity index (χ0) is 17.0. The third-order valence-corrected chi connectivity index (χ3v) is 3.28. The van der Waals surface area contributed by atoms with Gasteiger partial charge in [0, 0.05) is 17.8 Å². The molecule has 0 radical (unpaired) electrons. The summed E-state index contributed by atoms with van der Waals surface area (Å²) in [5, 5.41) is 16.6. The van der Waals surface area contributed by atoms with Crippen molar-refractivity contribution >= 4 is 34.4 Å². The molecule has 2 N–H and O–H groups in total. The average molecular weight is 335 g/mol. The van der Waals surface area contributed by atoms with Crippen molar-refractivity contribution in [3.8, 4) is 5.75 Å². The van der Waals surface area contributed by atoms with Crippen LogP contribution in [0.2, 0.25) is 0 Å². The number of thiocarbonyl (C=S) groups is 1. The van der Waals surface area contributed by atoms with Gasteiger partial charge in [0.15, 0.2) is 5.11 Å². The summed E-state index contributed by atoms with van der Waals surface area (Å²) in [4.78, 5) is 10.3. The lowest BCUT2D eigenvalue weighted by Gasteiger charge is -2.13. The number of halogens is 1. The number of nitro groups is 1. The Bertz CT molecular complexity index is 768. The maximum Gasteiger partial charge on any atom is 0.271 e. The molecule has 0 aromatic heterocycles. The molecule has 120 valence electrons. The van der Waals surface area contributed by atoms with Crippen LogP contribution < -0.4 is 15.4 Å². The summed E-state index contributed by atoms with van der Waals surface area (Å²) in [6.45, 7) is 1.66. The molecule has 8 heteroatoms. The first-order valence-corrected chi connectivity index (χ1v) is 6.98. The van der Waals surface area contributed by atoms with E-state index in [-0.39, 0.29) is 16.6 Å². The Morgan fingerprint density at radius 2 is 2.00 bits per heavy atom. The van der Waals surface area contributed by atoms with Gasteiger partial charge < -0.3 is 15.4 Å². The van der Waals surface area contributed by atoms with Gasteiger partial charge in [0.2, 0.25) is 0 Å². The van der Waals surface area contributed by atoms with E-state index in [0.29, 0.717) is 22.7 Å². The molecule has 2 aromatic rings. The molecule has 2 rings (SSSR count). The van der Waals surface area contributed by atoms with Gasteiger partial charge in [-0.15, -0.1) is 0 Å². The normalized spacial score (nSPS) is 10.0. The Labute approximate surface area is 137 Å². The number of aryl methyl sites for hydroxylation is 1. The fraction of sp³-hybridized carbons (Fsp3) is 0.133. The second-order valence-corrected chi connectivity index (χ2v) is 5.09. The summed E-state index contributed by atoms with van der Waals surface area (Å²) in [5.41, 5.74) is 1.23. The molecule has 0 saturated heterocycles. The van der Waals surface area contributed by atoms with E-state index in [4.69, 9.17) is 17.0 Å². The van der Waals surface area contributed by atoms with Crippen molar-refractivity contribution in [3.05, 3.63) is 57.9 Å². The van der Waals surface area contributed by atoms with E-state index in [1.807, 2.05) is 0 Å². The molecular weight excluding hydrogens is 321 g/mol. The molecular formula is C15H14FN3O3S. The Morgan fingerprint density at radius 1 is 1.26 bits per heavy atom. The molecule has 0 aliphatic heterocycles. The largest absolute Gasteiger partial charge is 0.495 e. The lowest BCUT2D eigenvalue weighted by atomic mass is 10.2. The predicted octanol–water partition coefficient (Wildman–Crippen LogP) is 3.86. The molecule has 0 atom stereocenters. The number of hydrogen-bond acceptors (Lipinski definition) is 4.